The van der Waals surface area contributed by atoms with Gasteiger partial charge < -0.3 is 5.32 Å². The predicted molar refractivity (Wildman–Crippen MR) is 89.2 cm³/mol. The Morgan fingerprint density at radius 2 is 1.90 bits per heavy atom. The zero-order valence-corrected chi connectivity index (χ0v) is 14.1. The number of fused-ring (bicyclic) bond motifs is 6. The average molecular weight is 346 g/mol. The Morgan fingerprint density at radius 3 is 2.86 bits per heavy atom. The average Bonchev–Trinajstić information content (AvgIpc) is 3.19. The molecule has 3 fully saturated rings. The maximum Gasteiger partial charge on any atom is 0.0329 e. The van der Waals surface area contributed by atoms with Crippen molar-refractivity contribution in [2.24, 2.45) is 23.7 Å². The zero-order valence-electron chi connectivity index (χ0n) is 12.5. The summed E-state index contributed by atoms with van der Waals surface area (Å²) in [5.41, 5.74) is 3.12. The Bertz CT molecular complexity index is 569. The normalized spacial score (nSPS) is 43.3. The highest BCUT2D eigenvalue weighted by Crippen LogP contribution is 2.59. The SMILES string of the molecule is Brc1cccc2c1CCC2NC1CC2CC1C1CCCC21. The molecule has 1 aromatic rings. The highest BCUT2D eigenvalue weighted by Gasteiger charge is 2.54. The summed E-state index contributed by atoms with van der Waals surface area (Å²) >= 11 is 3.73. The van der Waals surface area contributed by atoms with Gasteiger partial charge in [0, 0.05) is 16.6 Å². The Kier molecular flexibility index (Phi) is 3.02. The van der Waals surface area contributed by atoms with E-state index in [1.165, 1.54) is 49.4 Å². The predicted octanol–water partition coefficient (Wildman–Crippen LogP) is 4.85. The Hall–Kier alpha value is -0.340. The van der Waals surface area contributed by atoms with E-state index in [-0.39, 0.29) is 0 Å². The van der Waals surface area contributed by atoms with Crippen molar-refractivity contribution in [3.8, 4) is 0 Å². The van der Waals surface area contributed by atoms with Gasteiger partial charge in [-0.2, -0.15) is 0 Å². The molecule has 0 saturated heterocycles. The first kappa shape index (κ1) is 13.1. The van der Waals surface area contributed by atoms with E-state index in [1.807, 2.05) is 0 Å². The summed E-state index contributed by atoms with van der Waals surface area (Å²) in [6, 6.07) is 8.17. The number of halogens is 1. The van der Waals surface area contributed by atoms with Crippen LogP contribution in [0.2, 0.25) is 0 Å². The Morgan fingerprint density at radius 1 is 1.00 bits per heavy atom. The third kappa shape index (κ3) is 1.91. The topological polar surface area (TPSA) is 12.0 Å². The van der Waals surface area contributed by atoms with Crippen LogP contribution in [-0.2, 0) is 6.42 Å². The molecule has 6 unspecified atom stereocenters. The molecule has 0 aromatic heterocycles. The zero-order chi connectivity index (χ0) is 14.0. The van der Waals surface area contributed by atoms with Crippen LogP contribution in [0.1, 0.15) is 55.7 Å². The highest BCUT2D eigenvalue weighted by atomic mass is 79.9. The van der Waals surface area contributed by atoms with E-state index in [9.17, 15) is 0 Å². The molecule has 0 amide bonds. The lowest BCUT2D eigenvalue weighted by Crippen LogP contribution is -2.40. The van der Waals surface area contributed by atoms with Crippen LogP contribution in [0.5, 0.6) is 0 Å². The summed E-state index contributed by atoms with van der Waals surface area (Å²) < 4.78 is 1.31. The molecule has 21 heavy (non-hydrogen) atoms. The Balaban J connectivity index is 1.35. The van der Waals surface area contributed by atoms with E-state index >= 15 is 0 Å². The molecule has 4 aliphatic rings. The molecule has 6 atom stereocenters. The molecule has 5 rings (SSSR count). The number of nitrogens with one attached hydrogen (secondary N) is 1. The minimum atomic E-state index is 0.613. The lowest BCUT2D eigenvalue weighted by Gasteiger charge is -2.34. The van der Waals surface area contributed by atoms with Crippen LogP contribution >= 0.6 is 15.9 Å². The van der Waals surface area contributed by atoms with Gasteiger partial charge in [0.05, 0.1) is 0 Å². The standard InChI is InChI=1S/C19H24BrN/c20-17-6-2-5-15-14(17)7-8-18(15)21-19-10-11-9-16(19)13-4-1-3-12(11)13/h2,5-6,11-13,16,18-19,21H,1,3-4,7-10H2. The first-order valence-electron chi connectivity index (χ1n) is 8.84. The molecule has 0 radical (unpaired) electrons. The fourth-order valence-electron chi connectivity index (χ4n) is 6.30. The van der Waals surface area contributed by atoms with E-state index in [0.29, 0.717) is 6.04 Å². The molecule has 3 saturated carbocycles. The quantitative estimate of drug-likeness (QED) is 0.807. The smallest absolute Gasteiger partial charge is 0.0329 e. The van der Waals surface area contributed by atoms with Gasteiger partial charge in [-0.1, -0.05) is 34.5 Å². The summed E-state index contributed by atoms with van der Waals surface area (Å²) in [6.45, 7) is 0. The fraction of sp³-hybridized carbons (Fsp3) is 0.684. The van der Waals surface area contributed by atoms with Gasteiger partial charge in [0.2, 0.25) is 0 Å². The third-order valence-electron chi connectivity index (χ3n) is 7.06. The summed E-state index contributed by atoms with van der Waals surface area (Å²) in [5, 5.41) is 4.08. The van der Waals surface area contributed by atoms with Gasteiger partial charge in [-0.25, -0.2) is 0 Å². The minimum absolute atomic E-state index is 0.613. The molecule has 2 bridgehead atoms. The van der Waals surface area contributed by atoms with Crippen LogP contribution in [0.15, 0.2) is 22.7 Å². The minimum Gasteiger partial charge on any atom is -0.307 e. The van der Waals surface area contributed by atoms with Crippen molar-refractivity contribution >= 4 is 15.9 Å². The fourth-order valence-corrected chi connectivity index (χ4v) is 6.88. The number of benzene rings is 1. The summed E-state index contributed by atoms with van der Waals surface area (Å²) in [4.78, 5) is 0. The summed E-state index contributed by atoms with van der Waals surface area (Å²) in [6.07, 6.45) is 10.1. The summed E-state index contributed by atoms with van der Waals surface area (Å²) in [5.74, 6) is 4.24. The van der Waals surface area contributed by atoms with Crippen LogP contribution in [0.4, 0.5) is 0 Å². The van der Waals surface area contributed by atoms with Crippen molar-refractivity contribution in [2.75, 3.05) is 0 Å². The monoisotopic (exact) mass is 345 g/mol. The van der Waals surface area contributed by atoms with E-state index in [4.69, 9.17) is 0 Å². The van der Waals surface area contributed by atoms with Gasteiger partial charge in [-0.3, -0.25) is 0 Å². The molecular weight excluding hydrogens is 322 g/mol. The van der Waals surface area contributed by atoms with E-state index < -0.39 is 0 Å². The van der Waals surface area contributed by atoms with Crippen molar-refractivity contribution in [2.45, 2.75) is 57.0 Å². The first-order chi connectivity index (χ1) is 10.3. The van der Waals surface area contributed by atoms with Crippen LogP contribution in [0, 0.1) is 23.7 Å². The molecule has 0 aliphatic heterocycles. The molecule has 112 valence electrons. The summed E-state index contributed by atoms with van der Waals surface area (Å²) in [7, 11) is 0. The lowest BCUT2D eigenvalue weighted by atomic mass is 9.79. The van der Waals surface area contributed by atoms with E-state index in [1.54, 1.807) is 11.1 Å². The maximum atomic E-state index is 4.08. The van der Waals surface area contributed by atoms with Crippen molar-refractivity contribution in [1.82, 2.24) is 5.32 Å². The lowest BCUT2D eigenvalue weighted by molar-refractivity contribution is 0.197. The molecular formula is C19H24BrN. The van der Waals surface area contributed by atoms with Gasteiger partial charge in [0.1, 0.15) is 0 Å². The highest BCUT2D eigenvalue weighted by molar-refractivity contribution is 9.10. The van der Waals surface area contributed by atoms with Crippen molar-refractivity contribution in [3.63, 3.8) is 0 Å². The molecule has 0 heterocycles. The van der Waals surface area contributed by atoms with Gasteiger partial charge in [-0.05, 0) is 79.4 Å². The van der Waals surface area contributed by atoms with Gasteiger partial charge >= 0.3 is 0 Å². The van der Waals surface area contributed by atoms with Crippen LogP contribution in [-0.4, -0.2) is 6.04 Å². The largest absolute Gasteiger partial charge is 0.307 e. The third-order valence-corrected chi connectivity index (χ3v) is 7.80. The van der Waals surface area contributed by atoms with Gasteiger partial charge in [-0.15, -0.1) is 0 Å². The number of hydrogen-bond donors (Lipinski definition) is 1. The molecule has 1 N–H and O–H groups in total. The Labute approximate surface area is 136 Å². The molecule has 0 spiro atoms. The second-order valence-corrected chi connectivity index (χ2v) is 8.68. The molecule has 2 heteroatoms. The number of hydrogen-bond acceptors (Lipinski definition) is 1. The molecule has 1 aromatic carbocycles. The molecule has 4 aliphatic carbocycles. The first-order valence-corrected chi connectivity index (χ1v) is 9.64. The van der Waals surface area contributed by atoms with Crippen LogP contribution in [0.25, 0.3) is 0 Å². The second-order valence-electron chi connectivity index (χ2n) is 7.83. The second kappa shape index (κ2) is 4.83. The number of rotatable bonds is 2. The van der Waals surface area contributed by atoms with Crippen molar-refractivity contribution in [1.29, 1.82) is 0 Å². The van der Waals surface area contributed by atoms with Gasteiger partial charge in [0.25, 0.3) is 0 Å². The maximum absolute atomic E-state index is 4.08. The van der Waals surface area contributed by atoms with Crippen LogP contribution < -0.4 is 5.32 Å². The van der Waals surface area contributed by atoms with E-state index in [0.717, 1.165) is 29.7 Å². The van der Waals surface area contributed by atoms with Crippen molar-refractivity contribution in [3.05, 3.63) is 33.8 Å². The van der Waals surface area contributed by atoms with Crippen LogP contribution in [0.3, 0.4) is 0 Å². The molecule has 1 nitrogen and oxygen atoms in total. The van der Waals surface area contributed by atoms with E-state index in [2.05, 4.69) is 39.4 Å². The van der Waals surface area contributed by atoms with Gasteiger partial charge in [0.15, 0.2) is 0 Å². The van der Waals surface area contributed by atoms with Crippen molar-refractivity contribution < 1.29 is 0 Å².